The van der Waals surface area contributed by atoms with Crippen molar-refractivity contribution < 1.29 is 0 Å². The maximum absolute atomic E-state index is 5.62. The van der Waals surface area contributed by atoms with Gasteiger partial charge in [-0.15, -0.1) is 0 Å². The summed E-state index contributed by atoms with van der Waals surface area (Å²) in [4.78, 5) is 0. The fourth-order valence-corrected chi connectivity index (χ4v) is 3.55. The molecule has 1 saturated carbocycles. The Morgan fingerprint density at radius 3 is 2.65 bits per heavy atom. The summed E-state index contributed by atoms with van der Waals surface area (Å²) in [6.07, 6.45) is 6.56. The number of halogens is 1. The highest BCUT2D eigenvalue weighted by Crippen LogP contribution is 2.38. The molecule has 0 aromatic heterocycles. The largest absolute Gasteiger partial charge is 0.330 e. The molecule has 1 aliphatic carbocycles. The van der Waals surface area contributed by atoms with Gasteiger partial charge in [-0.1, -0.05) is 47.8 Å². The van der Waals surface area contributed by atoms with E-state index in [0.29, 0.717) is 5.92 Å². The quantitative estimate of drug-likeness (QED) is 0.866. The van der Waals surface area contributed by atoms with Crippen LogP contribution in [-0.4, -0.2) is 6.54 Å². The Kier molecular flexibility index (Phi) is 4.63. The second-order valence-electron chi connectivity index (χ2n) is 5.24. The van der Waals surface area contributed by atoms with Gasteiger partial charge in [-0.25, -0.2) is 0 Å². The first-order valence-electron chi connectivity index (χ1n) is 6.71. The van der Waals surface area contributed by atoms with E-state index in [0.717, 1.165) is 18.9 Å². The summed E-state index contributed by atoms with van der Waals surface area (Å²) in [7, 11) is 0. The first kappa shape index (κ1) is 13.1. The molecule has 0 bridgehead atoms. The summed E-state index contributed by atoms with van der Waals surface area (Å²) in [5.41, 5.74) is 8.53. The van der Waals surface area contributed by atoms with Gasteiger partial charge in [-0.3, -0.25) is 0 Å². The van der Waals surface area contributed by atoms with E-state index in [9.17, 15) is 0 Å². The number of hydrogen-bond donors (Lipinski definition) is 1. The number of benzene rings is 1. The average molecular weight is 296 g/mol. The minimum absolute atomic E-state index is 0.564. The highest BCUT2D eigenvalue weighted by atomic mass is 79.9. The summed E-state index contributed by atoms with van der Waals surface area (Å²) in [5, 5.41) is 0. The summed E-state index contributed by atoms with van der Waals surface area (Å²) in [6, 6.07) is 6.91. The Labute approximate surface area is 113 Å². The minimum Gasteiger partial charge on any atom is -0.330 e. The zero-order valence-corrected chi connectivity index (χ0v) is 12.2. The second kappa shape index (κ2) is 6.01. The lowest BCUT2D eigenvalue weighted by Crippen LogP contribution is -2.05. The van der Waals surface area contributed by atoms with E-state index >= 15 is 0 Å². The molecule has 1 aromatic rings. The SMILES string of the molecule is CC(CCN)c1ccc(C2CCCC2)c(Br)c1. The topological polar surface area (TPSA) is 26.0 Å². The van der Waals surface area contributed by atoms with Crippen molar-refractivity contribution in [3.05, 3.63) is 33.8 Å². The molecule has 0 saturated heterocycles. The third kappa shape index (κ3) is 3.11. The Bertz CT molecular complexity index is 369. The van der Waals surface area contributed by atoms with E-state index in [1.54, 1.807) is 0 Å². The highest BCUT2D eigenvalue weighted by Gasteiger charge is 2.19. The van der Waals surface area contributed by atoms with Gasteiger partial charge in [0.05, 0.1) is 0 Å². The van der Waals surface area contributed by atoms with Crippen LogP contribution in [0.5, 0.6) is 0 Å². The van der Waals surface area contributed by atoms with Crippen molar-refractivity contribution in [3.63, 3.8) is 0 Å². The third-order valence-electron chi connectivity index (χ3n) is 3.99. The number of hydrogen-bond acceptors (Lipinski definition) is 1. The lowest BCUT2D eigenvalue weighted by molar-refractivity contribution is 0.684. The van der Waals surface area contributed by atoms with Crippen molar-refractivity contribution in [2.75, 3.05) is 6.54 Å². The van der Waals surface area contributed by atoms with Gasteiger partial charge in [-0.05, 0) is 54.8 Å². The molecule has 2 N–H and O–H groups in total. The Morgan fingerprint density at radius 2 is 2.06 bits per heavy atom. The van der Waals surface area contributed by atoms with E-state index in [1.165, 1.54) is 41.3 Å². The summed E-state index contributed by atoms with van der Waals surface area (Å²) in [5.74, 6) is 1.34. The standard InChI is InChI=1S/C15H22BrN/c1-11(8-9-17)13-6-7-14(15(16)10-13)12-4-2-3-5-12/h6-7,10-12H,2-5,8-9,17H2,1H3. The van der Waals surface area contributed by atoms with Crippen molar-refractivity contribution >= 4 is 15.9 Å². The smallest absolute Gasteiger partial charge is 0.0212 e. The molecule has 94 valence electrons. The summed E-state index contributed by atoms with van der Waals surface area (Å²) < 4.78 is 1.30. The fraction of sp³-hybridized carbons (Fsp3) is 0.600. The van der Waals surface area contributed by atoms with Crippen molar-refractivity contribution in [3.8, 4) is 0 Å². The molecule has 0 amide bonds. The molecular formula is C15H22BrN. The second-order valence-corrected chi connectivity index (χ2v) is 6.10. The molecule has 0 radical (unpaired) electrons. The molecular weight excluding hydrogens is 274 g/mol. The molecule has 1 aliphatic rings. The molecule has 2 heteroatoms. The van der Waals surface area contributed by atoms with Crippen LogP contribution in [0.1, 0.15) is 62.0 Å². The maximum Gasteiger partial charge on any atom is 0.0212 e. The van der Waals surface area contributed by atoms with Gasteiger partial charge < -0.3 is 5.73 Å². The molecule has 1 fully saturated rings. The molecule has 17 heavy (non-hydrogen) atoms. The molecule has 2 rings (SSSR count). The molecule has 1 atom stereocenters. The first-order valence-corrected chi connectivity index (χ1v) is 7.51. The monoisotopic (exact) mass is 295 g/mol. The zero-order chi connectivity index (χ0) is 12.3. The van der Waals surface area contributed by atoms with Crippen LogP contribution in [0.2, 0.25) is 0 Å². The summed E-state index contributed by atoms with van der Waals surface area (Å²) in [6.45, 7) is 3.02. The van der Waals surface area contributed by atoms with Crippen LogP contribution in [0.15, 0.2) is 22.7 Å². The van der Waals surface area contributed by atoms with Crippen LogP contribution in [-0.2, 0) is 0 Å². The summed E-state index contributed by atoms with van der Waals surface area (Å²) >= 11 is 3.75. The van der Waals surface area contributed by atoms with Crippen LogP contribution in [0.4, 0.5) is 0 Å². The van der Waals surface area contributed by atoms with E-state index in [2.05, 4.69) is 41.1 Å². The van der Waals surface area contributed by atoms with Gasteiger partial charge in [-0.2, -0.15) is 0 Å². The van der Waals surface area contributed by atoms with E-state index < -0.39 is 0 Å². The van der Waals surface area contributed by atoms with Crippen LogP contribution >= 0.6 is 15.9 Å². The molecule has 0 aliphatic heterocycles. The molecule has 1 unspecified atom stereocenters. The van der Waals surface area contributed by atoms with Crippen LogP contribution in [0.3, 0.4) is 0 Å². The predicted octanol–water partition coefficient (Wildman–Crippen LogP) is 4.56. The van der Waals surface area contributed by atoms with Gasteiger partial charge in [0, 0.05) is 4.47 Å². The van der Waals surface area contributed by atoms with Gasteiger partial charge in [0.1, 0.15) is 0 Å². The first-order chi connectivity index (χ1) is 8.22. The van der Waals surface area contributed by atoms with Crippen LogP contribution < -0.4 is 5.73 Å². The number of nitrogens with two attached hydrogens (primary N) is 1. The van der Waals surface area contributed by atoms with E-state index in [1.807, 2.05) is 0 Å². The number of rotatable bonds is 4. The van der Waals surface area contributed by atoms with Crippen LogP contribution in [0, 0.1) is 0 Å². The Morgan fingerprint density at radius 1 is 1.35 bits per heavy atom. The predicted molar refractivity (Wildman–Crippen MR) is 77.4 cm³/mol. The lowest BCUT2D eigenvalue weighted by Gasteiger charge is -2.16. The van der Waals surface area contributed by atoms with Crippen molar-refractivity contribution in [2.45, 2.75) is 50.9 Å². The molecule has 0 spiro atoms. The Hall–Kier alpha value is -0.340. The zero-order valence-electron chi connectivity index (χ0n) is 10.6. The van der Waals surface area contributed by atoms with E-state index in [4.69, 9.17) is 5.73 Å². The van der Waals surface area contributed by atoms with Crippen molar-refractivity contribution in [2.24, 2.45) is 5.73 Å². The molecule has 1 nitrogen and oxygen atoms in total. The van der Waals surface area contributed by atoms with Gasteiger partial charge >= 0.3 is 0 Å². The van der Waals surface area contributed by atoms with Crippen molar-refractivity contribution in [1.29, 1.82) is 0 Å². The van der Waals surface area contributed by atoms with Crippen molar-refractivity contribution in [1.82, 2.24) is 0 Å². The fourth-order valence-electron chi connectivity index (χ4n) is 2.83. The molecule has 1 aromatic carbocycles. The molecule has 0 heterocycles. The third-order valence-corrected chi connectivity index (χ3v) is 4.67. The van der Waals surface area contributed by atoms with Gasteiger partial charge in [0.2, 0.25) is 0 Å². The van der Waals surface area contributed by atoms with E-state index in [-0.39, 0.29) is 0 Å². The minimum atomic E-state index is 0.564. The van der Waals surface area contributed by atoms with Gasteiger partial charge in [0.15, 0.2) is 0 Å². The van der Waals surface area contributed by atoms with Crippen LogP contribution in [0.25, 0.3) is 0 Å². The average Bonchev–Trinajstić information content (AvgIpc) is 2.82. The highest BCUT2D eigenvalue weighted by molar-refractivity contribution is 9.10. The normalized spacial score (nSPS) is 18.5. The van der Waals surface area contributed by atoms with Gasteiger partial charge in [0.25, 0.3) is 0 Å². The maximum atomic E-state index is 5.62. The Balaban J connectivity index is 2.16. The lowest BCUT2D eigenvalue weighted by atomic mass is 9.92.